The highest BCUT2D eigenvalue weighted by atomic mass is 35.5. The molecule has 0 amide bonds. The van der Waals surface area contributed by atoms with Crippen molar-refractivity contribution in [3.63, 3.8) is 0 Å². The molecule has 4 rings (SSSR count). The second-order valence-corrected chi connectivity index (χ2v) is 7.05. The first-order chi connectivity index (χ1) is 10.5. The molecule has 5 nitrogen and oxygen atoms in total. The van der Waals surface area contributed by atoms with Gasteiger partial charge in [-0.2, -0.15) is 0 Å². The summed E-state index contributed by atoms with van der Waals surface area (Å²) in [6, 6.07) is 11.3. The molecule has 1 aromatic heterocycles. The third kappa shape index (κ3) is 1.77. The summed E-state index contributed by atoms with van der Waals surface area (Å²) >= 11 is 6.28. The van der Waals surface area contributed by atoms with Gasteiger partial charge >= 0.3 is 0 Å². The quantitative estimate of drug-likeness (QED) is 0.664. The van der Waals surface area contributed by atoms with E-state index >= 15 is 0 Å². The molecule has 110 valence electrons. The van der Waals surface area contributed by atoms with Crippen LogP contribution in [0.15, 0.2) is 52.2 Å². The number of aromatic amines is 1. The van der Waals surface area contributed by atoms with Crippen LogP contribution >= 0.6 is 11.6 Å². The number of halogens is 1. The molecule has 7 heteroatoms. The number of nitrogens with one attached hydrogen (secondary N) is 2. The maximum Gasteiger partial charge on any atom is 0.262 e. The number of aromatic nitrogens is 1. The van der Waals surface area contributed by atoms with Crippen LogP contribution in [-0.4, -0.2) is 13.4 Å². The SMILES string of the molecule is O=c1ccc2c(Cl)cc3c(c2[nH]1)NS(=O)(=O)c1ccccc1-3. The molecule has 0 atom stereocenters. The summed E-state index contributed by atoms with van der Waals surface area (Å²) in [5, 5.41) is 1.03. The molecule has 0 bridgehead atoms. The zero-order valence-corrected chi connectivity index (χ0v) is 12.6. The lowest BCUT2D eigenvalue weighted by Gasteiger charge is -2.23. The van der Waals surface area contributed by atoms with E-state index in [1.807, 2.05) is 0 Å². The first kappa shape index (κ1) is 13.4. The van der Waals surface area contributed by atoms with Gasteiger partial charge in [0.15, 0.2) is 0 Å². The number of hydrogen-bond acceptors (Lipinski definition) is 3. The Bertz CT molecular complexity index is 1100. The van der Waals surface area contributed by atoms with Crippen LogP contribution in [0, 0.1) is 0 Å². The van der Waals surface area contributed by atoms with Crippen molar-refractivity contribution in [2.75, 3.05) is 4.72 Å². The largest absolute Gasteiger partial charge is 0.320 e. The summed E-state index contributed by atoms with van der Waals surface area (Å²) < 4.78 is 27.4. The molecular weight excluding hydrogens is 324 g/mol. The van der Waals surface area contributed by atoms with E-state index in [9.17, 15) is 13.2 Å². The fourth-order valence-electron chi connectivity index (χ4n) is 2.71. The minimum Gasteiger partial charge on any atom is -0.320 e. The van der Waals surface area contributed by atoms with Gasteiger partial charge in [-0.15, -0.1) is 0 Å². The van der Waals surface area contributed by atoms with Crippen molar-refractivity contribution >= 4 is 38.2 Å². The van der Waals surface area contributed by atoms with E-state index in [2.05, 4.69) is 9.71 Å². The second-order valence-electron chi connectivity index (χ2n) is 4.99. The average molecular weight is 333 g/mol. The monoisotopic (exact) mass is 332 g/mol. The van der Waals surface area contributed by atoms with Crippen molar-refractivity contribution in [2.24, 2.45) is 0 Å². The zero-order chi connectivity index (χ0) is 15.5. The standard InChI is InChI=1S/C15H9ClN2O3S/c16-11-7-10-8-3-1-2-4-12(8)22(20,21)18-15(10)14-9(11)5-6-13(19)17-14/h1-7,18H,(H,17,19). The summed E-state index contributed by atoms with van der Waals surface area (Å²) in [4.78, 5) is 14.5. The van der Waals surface area contributed by atoms with Crippen LogP contribution in [0.5, 0.6) is 0 Å². The Labute approximate surface area is 130 Å². The van der Waals surface area contributed by atoms with Gasteiger partial charge in [0, 0.05) is 22.6 Å². The minimum atomic E-state index is -3.69. The van der Waals surface area contributed by atoms with Crippen LogP contribution in [0.25, 0.3) is 22.0 Å². The molecule has 1 aliphatic rings. The lowest BCUT2D eigenvalue weighted by molar-refractivity contribution is 0.601. The third-order valence-electron chi connectivity index (χ3n) is 3.67. The van der Waals surface area contributed by atoms with Crippen molar-refractivity contribution in [2.45, 2.75) is 4.90 Å². The van der Waals surface area contributed by atoms with E-state index in [4.69, 9.17) is 11.6 Å². The van der Waals surface area contributed by atoms with Gasteiger partial charge in [-0.3, -0.25) is 9.52 Å². The van der Waals surface area contributed by atoms with E-state index in [1.54, 1.807) is 30.3 Å². The number of hydrogen-bond donors (Lipinski definition) is 2. The molecule has 0 fully saturated rings. The summed E-state index contributed by atoms with van der Waals surface area (Å²) in [7, 11) is -3.69. The Balaban J connectivity index is 2.23. The highest BCUT2D eigenvalue weighted by Gasteiger charge is 2.29. The number of rotatable bonds is 0. The van der Waals surface area contributed by atoms with Crippen molar-refractivity contribution in [3.8, 4) is 11.1 Å². The molecule has 0 saturated carbocycles. The normalized spacial score (nSPS) is 15.0. The maximum absolute atomic E-state index is 12.4. The van der Waals surface area contributed by atoms with Gasteiger partial charge in [0.25, 0.3) is 10.0 Å². The highest BCUT2D eigenvalue weighted by molar-refractivity contribution is 7.93. The Hall–Kier alpha value is -2.31. The molecule has 22 heavy (non-hydrogen) atoms. The molecule has 2 aromatic carbocycles. The molecule has 3 aromatic rings. The van der Waals surface area contributed by atoms with Crippen LogP contribution in [0.2, 0.25) is 5.02 Å². The number of benzene rings is 2. The molecule has 0 saturated heterocycles. The number of H-pyrrole nitrogens is 1. The van der Waals surface area contributed by atoms with E-state index in [0.29, 0.717) is 32.7 Å². The van der Waals surface area contributed by atoms with Gasteiger partial charge in [-0.1, -0.05) is 29.8 Å². The number of pyridine rings is 1. The van der Waals surface area contributed by atoms with Crippen molar-refractivity contribution in [1.29, 1.82) is 0 Å². The Kier molecular flexibility index (Phi) is 2.64. The van der Waals surface area contributed by atoms with Gasteiger partial charge in [0.05, 0.1) is 21.1 Å². The first-order valence-electron chi connectivity index (χ1n) is 6.45. The Morgan fingerprint density at radius 2 is 1.77 bits per heavy atom. The first-order valence-corrected chi connectivity index (χ1v) is 8.31. The number of fused-ring (bicyclic) bond motifs is 5. The van der Waals surface area contributed by atoms with E-state index in [-0.39, 0.29) is 10.5 Å². The van der Waals surface area contributed by atoms with Gasteiger partial charge in [0.2, 0.25) is 5.56 Å². The van der Waals surface area contributed by atoms with Crippen LogP contribution in [0.4, 0.5) is 5.69 Å². The summed E-state index contributed by atoms with van der Waals surface area (Å²) in [6.07, 6.45) is 0. The van der Waals surface area contributed by atoms with Gasteiger partial charge < -0.3 is 4.98 Å². The predicted molar refractivity (Wildman–Crippen MR) is 85.8 cm³/mol. The maximum atomic E-state index is 12.4. The molecular formula is C15H9ClN2O3S. The summed E-state index contributed by atoms with van der Waals surface area (Å²) in [5.41, 5.74) is 1.61. The van der Waals surface area contributed by atoms with Gasteiger partial charge in [-0.05, 0) is 18.2 Å². The highest BCUT2D eigenvalue weighted by Crippen LogP contribution is 2.44. The number of anilines is 1. The molecule has 0 radical (unpaired) electrons. The van der Waals surface area contributed by atoms with Gasteiger partial charge in [-0.25, -0.2) is 8.42 Å². The van der Waals surface area contributed by atoms with Crippen LogP contribution in [0.3, 0.4) is 0 Å². The summed E-state index contributed by atoms with van der Waals surface area (Å²) in [6.45, 7) is 0. The van der Waals surface area contributed by atoms with E-state index in [1.165, 1.54) is 12.1 Å². The lowest BCUT2D eigenvalue weighted by atomic mass is 10.0. The fraction of sp³-hybridized carbons (Fsp3) is 0. The van der Waals surface area contributed by atoms with Crippen LogP contribution in [-0.2, 0) is 10.0 Å². The van der Waals surface area contributed by atoms with Crippen LogP contribution < -0.4 is 10.3 Å². The molecule has 1 aliphatic heterocycles. The molecule has 2 N–H and O–H groups in total. The van der Waals surface area contributed by atoms with Crippen LogP contribution in [0.1, 0.15) is 0 Å². The molecule has 0 spiro atoms. The van der Waals surface area contributed by atoms with E-state index in [0.717, 1.165) is 0 Å². The van der Waals surface area contributed by atoms with Gasteiger partial charge in [0.1, 0.15) is 0 Å². The Morgan fingerprint density at radius 1 is 1.00 bits per heavy atom. The third-order valence-corrected chi connectivity index (χ3v) is 5.39. The lowest BCUT2D eigenvalue weighted by Crippen LogP contribution is -2.20. The number of sulfonamides is 1. The topological polar surface area (TPSA) is 79.0 Å². The second kappa shape index (κ2) is 4.34. The molecule has 0 unspecified atom stereocenters. The van der Waals surface area contributed by atoms with Crippen molar-refractivity contribution in [3.05, 3.63) is 57.8 Å². The fourth-order valence-corrected chi connectivity index (χ4v) is 4.30. The van der Waals surface area contributed by atoms with Crippen molar-refractivity contribution in [1.82, 2.24) is 4.98 Å². The smallest absolute Gasteiger partial charge is 0.262 e. The molecule has 2 heterocycles. The average Bonchev–Trinajstić information content (AvgIpc) is 2.49. The minimum absolute atomic E-state index is 0.191. The predicted octanol–water partition coefficient (Wildman–Crippen LogP) is 2.96. The molecule has 0 aliphatic carbocycles. The Morgan fingerprint density at radius 3 is 2.59 bits per heavy atom. The summed E-state index contributed by atoms with van der Waals surface area (Å²) in [5.74, 6) is 0. The zero-order valence-electron chi connectivity index (χ0n) is 11.1. The van der Waals surface area contributed by atoms with Crippen molar-refractivity contribution < 1.29 is 8.42 Å². The van der Waals surface area contributed by atoms with E-state index < -0.39 is 10.0 Å².